The van der Waals surface area contributed by atoms with Gasteiger partial charge in [0, 0.05) is 20.6 Å². The lowest BCUT2D eigenvalue weighted by atomic mass is 9.85. The lowest BCUT2D eigenvalue weighted by molar-refractivity contribution is 0.0166. The summed E-state index contributed by atoms with van der Waals surface area (Å²) >= 11 is 0. The van der Waals surface area contributed by atoms with E-state index in [4.69, 9.17) is 0 Å². The minimum absolute atomic E-state index is 0.171. The van der Waals surface area contributed by atoms with Crippen LogP contribution in [0.4, 0.5) is 5.82 Å². The molecule has 1 aromatic rings. The molecule has 1 aromatic heterocycles. The van der Waals surface area contributed by atoms with E-state index < -0.39 is 5.60 Å². The highest BCUT2D eigenvalue weighted by Crippen LogP contribution is 2.28. The second-order valence-corrected chi connectivity index (χ2v) is 5.64. The molecule has 1 heterocycles. The Morgan fingerprint density at radius 2 is 2.00 bits per heavy atom. The highest BCUT2D eigenvalue weighted by Gasteiger charge is 2.28. The minimum atomic E-state index is -0.641. The molecule has 0 saturated heterocycles. The molecule has 6 nitrogen and oxygen atoms in total. The van der Waals surface area contributed by atoms with Crippen LogP contribution in [0.3, 0.4) is 0 Å². The molecular weight excluding hydrogens is 256 g/mol. The Bertz CT molecular complexity index is 453. The van der Waals surface area contributed by atoms with E-state index in [0.29, 0.717) is 18.1 Å². The Balaban J connectivity index is 1.92. The van der Waals surface area contributed by atoms with Gasteiger partial charge in [0.05, 0.1) is 5.60 Å². The first kappa shape index (κ1) is 14.7. The van der Waals surface area contributed by atoms with Gasteiger partial charge in [0.15, 0.2) is 5.69 Å². The maximum atomic E-state index is 11.7. The van der Waals surface area contributed by atoms with Gasteiger partial charge >= 0.3 is 0 Å². The van der Waals surface area contributed by atoms with E-state index >= 15 is 0 Å². The van der Waals surface area contributed by atoms with Crippen LogP contribution in [0.25, 0.3) is 0 Å². The van der Waals surface area contributed by atoms with Crippen LogP contribution in [0.5, 0.6) is 0 Å². The quantitative estimate of drug-likeness (QED) is 0.867. The molecule has 0 aliphatic heterocycles. The topological polar surface area (TPSA) is 78.4 Å². The van der Waals surface area contributed by atoms with E-state index in [2.05, 4.69) is 15.5 Å². The molecule has 0 unspecified atom stereocenters. The fraction of sp³-hybridized carbons (Fsp3) is 0.643. The van der Waals surface area contributed by atoms with Crippen molar-refractivity contribution in [3.63, 3.8) is 0 Å². The van der Waals surface area contributed by atoms with E-state index in [1.54, 1.807) is 26.2 Å². The molecule has 0 radical (unpaired) electrons. The van der Waals surface area contributed by atoms with Gasteiger partial charge in [-0.05, 0) is 25.0 Å². The summed E-state index contributed by atoms with van der Waals surface area (Å²) in [7, 11) is 3.35. The summed E-state index contributed by atoms with van der Waals surface area (Å²) in [6, 6.07) is 3.36. The number of hydrogen-bond donors (Lipinski definition) is 2. The van der Waals surface area contributed by atoms with Gasteiger partial charge in [0.1, 0.15) is 5.82 Å². The van der Waals surface area contributed by atoms with Crippen molar-refractivity contribution in [2.75, 3.05) is 26.0 Å². The highest BCUT2D eigenvalue weighted by atomic mass is 16.3. The van der Waals surface area contributed by atoms with Crippen LogP contribution in [0.2, 0.25) is 0 Å². The molecule has 0 atom stereocenters. The normalized spacial score (nSPS) is 17.6. The van der Waals surface area contributed by atoms with Crippen LogP contribution < -0.4 is 5.32 Å². The van der Waals surface area contributed by atoms with Gasteiger partial charge in [0.25, 0.3) is 5.91 Å². The first-order valence-corrected chi connectivity index (χ1v) is 7.02. The number of amides is 1. The van der Waals surface area contributed by atoms with Gasteiger partial charge < -0.3 is 15.3 Å². The van der Waals surface area contributed by atoms with Crippen molar-refractivity contribution in [3.8, 4) is 0 Å². The van der Waals surface area contributed by atoms with Crippen molar-refractivity contribution in [1.82, 2.24) is 15.1 Å². The van der Waals surface area contributed by atoms with Gasteiger partial charge in [-0.25, -0.2) is 0 Å². The number of carbonyl (C=O) groups excluding carboxylic acids is 1. The Kier molecular flexibility index (Phi) is 4.54. The number of anilines is 1. The maximum absolute atomic E-state index is 11.7. The predicted octanol–water partition coefficient (Wildman–Crippen LogP) is 1.29. The number of nitrogens with zero attached hydrogens (tertiary/aromatic N) is 3. The van der Waals surface area contributed by atoms with Crippen LogP contribution >= 0.6 is 0 Å². The second kappa shape index (κ2) is 6.17. The Labute approximate surface area is 119 Å². The van der Waals surface area contributed by atoms with Crippen LogP contribution in [0, 0.1) is 0 Å². The van der Waals surface area contributed by atoms with E-state index in [-0.39, 0.29) is 5.91 Å². The average Bonchev–Trinajstić information content (AvgIpc) is 2.46. The summed E-state index contributed by atoms with van der Waals surface area (Å²) in [6.07, 6.45) is 4.99. The lowest BCUT2D eigenvalue weighted by Crippen LogP contribution is -2.39. The van der Waals surface area contributed by atoms with E-state index in [1.165, 1.54) is 11.3 Å². The molecule has 1 aliphatic carbocycles. The molecule has 20 heavy (non-hydrogen) atoms. The van der Waals surface area contributed by atoms with Crippen LogP contribution in [0.15, 0.2) is 12.1 Å². The summed E-state index contributed by atoms with van der Waals surface area (Å²) in [5.41, 5.74) is -0.324. The molecule has 2 N–H and O–H groups in total. The molecule has 1 saturated carbocycles. The third-order valence-electron chi connectivity index (χ3n) is 3.67. The van der Waals surface area contributed by atoms with Crippen molar-refractivity contribution in [2.24, 2.45) is 0 Å². The van der Waals surface area contributed by atoms with Gasteiger partial charge in [-0.2, -0.15) is 0 Å². The zero-order valence-electron chi connectivity index (χ0n) is 12.1. The van der Waals surface area contributed by atoms with E-state index in [1.807, 2.05) is 0 Å². The molecule has 2 rings (SSSR count). The molecule has 1 aliphatic rings. The molecular formula is C14H22N4O2. The number of aromatic nitrogens is 2. The molecule has 1 fully saturated rings. The second-order valence-electron chi connectivity index (χ2n) is 5.64. The number of carbonyl (C=O) groups is 1. The molecule has 6 heteroatoms. The SMILES string of the molecule is CN(C)C(=O)c1ccc(NCC2(O)CCCCC2)nn1. The zero-order valence-corrected chi connectivity index (χ0v) is 12.1. The fourth-order valence-electron chi connectivity index (χ4n) is 2.41. The monoisotopic (exact) mass is 278 g/mol. The number of hydrogen-bond acceptors (Lipinski definition) is 5. The third kappa shape index (κ3) is 3.66. The smallest absolute Gasteiger partial charge is 0.273 e. The molecule has 0 bridgehead atoms. The molecule has 1 amide bonds. The van der Waals surface area contributed by atoms with Crippen LogP contribution in [0.1, 0.15) is 42.6 Å². The standard InChI is InChI=1S/C14H22N4O2/c1-18(2)13(19)11-6-7-12(17-16-11)15-10-14(20)8-4-3-5-9-14/h6-7,20H,3-5,8-10H2,1-2H3,(H,15,17). The van der Waals surface area contributed by atoms with E-state index in [9.17, 15) is 9.90 Å². The summed E-state index contributed by atoms with van der Waals surface area (Å²) in [4.78, 5) is 13.1. The maximum Gasteiger partial charge on any atom is 0.273 e. The Morgan fingerprint density at radius 1 is 1.30 bits per heavy atom. The van der Waals surface area contributed by atoms with Gasteiger partial charge in [-0.1, -0.05) is 19.3 Å². The number of rotatable bonds is 4. The Morgan fingerprint density at radius 3 is 2.55 bits per heavy atom. The largest absolute Gasteiger partial charge is 0.388 e. The van der Waals surface area contributed by atoms with Crippen LogP contribution in [-0.2, 0) is 0 Å². The van der Waals surface area contributed by atoms with Crippen molar-refractivity contribution in [3.05, 3.63) is 17.8 Å². The first-order valence-electron chi connectivity index (χ1n) is 7.02. The Hall–Kier alpha value is -1.69. The summed E-state index contributed by atoms with van der Waals surface area (Å²) < 4.78 is 0. The summed E-state index contributed by atoms with van der Waals surface area (Å²) in [6.45, 7) is 0.475. The average molecular weight is 278 g/mol. The highest BCUT2D eigenvalue weighted by molar-refractivity contribution is 5.91. The van der Waals surface area contributed by atoms with Crippen molar-refractivity contribution < 1.29 is 9.90 Å². The summed E-state index contributed by atoms with van der Waals surface area (Å²) in [5, 5.41) is 21.4. The number of nitrogens with one attached hydrogen (secondary N) is 1. The van der Waals surface area contributed by atoms with Gasteiger partial charge in [-0.3, -0.25) is 4.79 Å². The molecule has 0 spiro atoms. The predicted molar refractivity (Wildman–Crippen MR) is 76.6 cm³/mol. The molecule has 110 valence electrons. The van der Waals surface area contributed by atoms with Crippen molar-refractivity contribution in [2.45, 2.75) is 37.7 Å². The third-order valence-corrected chi connectivity index (χ3v) is 3.67. The van der Waals surface area contributed by atoms with Crippen LogP contribution in [-0.4, -0.2) is 52.4 Å². The van der Waals surface area contributed by atoms with Crippen molar-refractivity contribution in [1.29, 1.82) is 0 Å². The van der Waals surface area contributed by atoms with Gasteiger partial charge in [0.2, 0.25) is 0 Å². The summed E-state index contributed by atoms with van der Waals surface area (Å²) in [5.74, 6) is 0.411. The lowest BCUT2D eigenvalue weighted by Gasteiger charge is -2.32. The first-order chi connectivity index (χ1) is 9.50. The van der Waals surface area contributed by atoms with Crippen molar-refractivity contribution >= 4 is 11.7 Å². The zero-order chi connectivity index (χ0) is 14.6. The molecule has 0 aromatic carbocycles. The minimum Gasteiger partial charge on any atom is -0.388 e. The van der Waals surface area contributed by atoms with Gasteiger partial charge in [-0.15, -0.1) is 10.2 Å². The number of aliphatic hydroxyl groups is 1. The van der Waals surface area contributed by atoms with E-state index in [0.717, 1.165) is 25.7 Å². The fourth-order valence-corrected chi connectivity index (χ4v) is 2.41.